The summed E-state index contributed by atoms with van der Waals surface area (Å²) in [7, 11) is 1.69. The second-order valence-corrected chi connectivity index (χ2v) is 3.68. The number of hydrogen-bond donors (Lipinski definition) is 1. The van der Waals surface area contributed by atoms with Gasteiger partial charge in [-0.2, -0.15) is 11.8 Å². The van der Waals surface area contributed by atoms with Gasteiger partial charge in [0.15, 0.2) is 0 Å². The van der Waals surface area contributed by atoms with Gasteiger partial charge in [0.2, 0.25) is 0 Å². The van der Waals surface area contributed by atoms with E-state index in [1.165, 1.54) is 0 Å². The molecule has 0 heterocycles. The van der Waals surface area contributed by atoms with E-state index in [-0.39, 0.29) is 0 Å². The van der Waals surface area contributed by atoms with Gasteiger partial charge in [-0.05, 0) is 18.6 Å². The van der Waals surface area contributed by atoms with Crippen LogP contribution in [-0.4, -0.2) is 36.3 Å². The van der Waals surface area contributed by atoms with Crippen molar-refractivity contribution in [2.75, 3.05) is 25.2 Å². The van der Waals surface area contributed by atoms with Crippen molar-refractivity contribution < 1.29 is 14.6 Å². The largest absolute Gasteiger partial charge is 0.481 e. The lowest BCUT2D eigenvalue weighted by Crippen LogP contribution is -1.96. The molecule has 1 N–H and O–H groups in total. The number of methoxy groups -OCH3 is 1. The predicted octanol–water partition coefficient (Wildman–Crippen LogP) is 1.62. The molecule has 0 radical (unpaired) electrons. The van der Waals surface area contributed by atoms with E-state index in [0.29, 0.717) is 6.42 Å². The summed E-state index contributed by atoms with van der Waals surface area (Å²) in [6.45, 7) is 0.781. The van der Waals surface area contributed by atoms with E-state index in [0.717, 1.165) is 31.0 Å². The summed E-state index contributed by atoms with van der Waals surface area (Å²) in [6.07, 6.45) is 2.07. The Morgan fingerprint density at radius 3 is 2.75 bits per heavy atom. The lowest BCUT2D eigenvalue weighted by molar-refractivity contribution is -0.137. The minimum Gasteiger partial charge on any atom is -0.481 e. The van der Waals surface area contributed by atoms with Gasteiger partial charge in [-0.25, -0.2) is 0 Å². The summed E-state index contributed by atoms with van der Waals surface area (Å²) >= 11 is 1.81. The average molecular weight is 192 g/mol. The maximum atomic E-state index is 10.1. The van der Waals surface area contributed by atoms with Crippen LogP contribution in [0.3, 0.4) is 0 Å². The normalized spacial score (nSPS) is 10.1. The molecule has 0 unspecified atom stereocenters. The Morgan fingerprint density at radius 1 is 1.42 bits per heavy atom. The highest BCUT2D eigenvalue weighted by atomic mass is 32.2. The predicted molar refractivity (Wildman–Crippen MR) is 50.7 cm³/mol. The number of hydrogen-bond acceptors (Lipinski definition) is 3. The highest BCUT2D eigenvalue weighted by molar-refractivity contribution is 7.99. The Morgan fingerprint density at radius 2 is 2.17 bits per heavy atom. The van der Waals surface area contributed by atoms with Crippen LogP contribution in [0.2, 0.25) is 0 Å². The lowest BCUT2D eigenvalue weighted by Gasteiger charge is -1.99. The van der Waals surface area contributed by atoms with Gasteiger partial charge in [0.25, 0.3) is 0 Å². The highest BCUT2D eigenvalue weighted by Crippen LogP contribution is 2.05. The van der Waals surface area contributed by atoms with E-state index in [4.69, 9.17) is 9.84 Å². The molecule has 0 aliphatic rings. The second kappa shape index (κ2) is 8.87. The van der Waals surface area contributed by atoms with Crippen LogP contribution in [0.15, 0.2) is 0 Å². The number of unbranched alkanes of at least 4 members (excludes halogenated alkanes) is 1. The number of thioether (sulfide) groups is 1. The van der Waals surface area contributed by atoms with E-state index >= 15 is 0 Å². The zero-order valence-corrected chi connectivity index (χ0v) is 8.23. The molecule has 0 aromatic heterocycles. The number of carboxylic acids is 1. The maximum Gasteiger partial charge on any atom is 0.303 e. The summed E-state index contributed by atoms with van der Waals surface area (Å²) in [4.78, 5) is 10.1. The third-order valence-electron chi connectivity index (χ3n) is 1.36. The smallest absolute Gasteiger partial charge is 0.303 e. The molecule has 0 atom stereocenters. The molecule has 0 rings (SSSR count). The molecular formula is C8H16O3S. The third kappa shape index (κ3) is 9.78. The van der Waals surface area contributed by atoms with Crippen LogP contribution in [-0.2, 0) is 9.53 Å². The van der Waals surface area contributed by atoms with Gasteiger partial charge in [-0.15, -0.1) is 0 Å². The molecule has 0 amide bonds. The lowest BCUT2D eigenvalue weighted by atomic mass is 10.3. The number of carbonyl (C=O) groups is 1. The molecule has 0 aromatic rings. The van der Waals surface area contributed by atoms with Crippen molar-refractivity contribution in [3.63, 3.8) is 0 Å². The van der Waals surface area contributed by atoms with Gasteiger partial charge >= 0.3 is 5.97 Å². The fourth-order valence-electron chi connectivity index (χ4n) is 0.725. The number of ether oxygens (including phenoxy) is 1. The van der Waals surface area contributed by atoms with Gasteiger partial charge in [0.1, 0.15) is 0 Å². The van der Waals surface area contributed by atoms with Crippen LogP contribution in [0.1, 0.15) is 19.3 Å². The Hall–Kier alpha value is -0.220. The average Bonchev–Trinajstić information content (AvgIpc) is 2.02. The molecule has 72 valence electrons. The van der Waals surface area contributed by atoms with Crippen molar-refractivity contribution in [1.29, 1.82) is 0 Å². The van der Waals surface area contributed by atoms with Crippen molar-refractivity contribution >= 4 is 17.7 Å². The highest BCUT2D eigenvalue weighted by Gasteiger charge is 1.95. The van der Waals surface area contributed by atoms with Gasteiger partial charge in [0.05, 0.1) is 6.61 Å². The maximum absolute atomic E-state index is 10.1. The fourth-order valence-corrected chi connectivity index (χ4v) is 1.62. The van der Waals surface area contributed by atoms with Crippen LogP contribution in [0.5, 0.6) is 0 Å². The number of carboxylic acid groups (broad SMARTS) is 1. The van der Waals surface area contributed by atoms with Crippen molar-refractivity contribution in [2.24, 2.45) is 0 Å². The van der Waals surface area contributed by atoms with Crippen molar-refractivity contribution in [3.05, 3.63) is 0 Å². The molecule has 0 saturated heterocycles. The SMILES string of the molecule is COCCSCCCCC(=O)O. The van der Waals surface area contributed by atoms with Gasteiger partial charge in [0, 0.05) is 19.3 Å². The molecular weight excluding hydrogens is 176 g/mol. The first kappa shape index (κ1) is 11.8. The molecule has 0 fully saturated rings. The third-order valence-corrected chi connectivity index (χ3v) is 2.39. The van der Waals surface area contributed by atoms with Gasteiger partial charge in [-0.3, -0.25) is 4.79 Å². The van der Waals surface area contributed by atoms with Gasteiger partial charge < -0.3 is 9.84 Å². The van der Waals surface area contributed by atoms with E-state index < -0.39 is 5.97 Å². The molecule has 0 aliphatic heterocycles. The fraction of sp³-hybridized carbons (Fsp3) is 0.875. The summed E-state index contributed by atoms with van der Waals surface area (Å²) < 4.78 is 4.87. The van der Waals surface area contributed by atoms with Crippen LogP contribution < -0.4 is 0 Å². The van der Waals surface area contributed by atoms with Crippen LogP contribution >= 0.6 is 11.8 Å². The summed E-state index contributed by atoms with van der Waals surface area (Å²) in [5.74, 6) is 1.34. The van der Waals surface area contributed by atoms with Crippen LogP contribution in [0.25, 0.3) is 0 Å². The van der Waals surface area contributed by atoms with Crippen molar-refractivity contribution in [3.8, 4) is 0 Å². The molecule has 12 heavy (non-hydrogen) atoms. The Balaban J connectivity index is 2.86. The first-order chi connectivity index (χ1) is 5.77. The quantitative estimate of drug-likeness (QED) is 0.594. The van der Waals surface area contributed by atoms with Gasteiger partial charge in [-0.1, -0.05) is 0 Å². The molecule has 0 saturated carbocycles. The number of aliphatic carboxylic acids is 1. The van der Waals surface area contributed by atoms with Crippen LogP contribution in [0.4, 0.5) is 0 Å². The summed E-state index contributed by atoms with van der Waals surface area (Å²) in [5, 5.41) is 8.33. The molecule has 0 aromatic carbocycles. The zero-order chi connectivity index (χ0) is 9.23. The molecule has 0 aliphatic carbocycles. The monoisotopic (exact) mass is 192 g/mol. The standard InChI is InChI=1S/C8H16O3S/c1-11-5-7-12-6-3-2-4-8(9)10/h2-7H2,1H3,(H,9,10). The first-order valence-corrected chi connectivity index (χ1v) is 5.21. The van der Waals surface area contributed by atoms with E-state index in [1.807, 2.05) is 11.8 Å². The molecule has 4 heteroatoms. The van der Waals surface area contributed by atoms with Crippen molar-refractivity contribution in [2.45, 2.75) is 19.3 Å². The Labute approximate surface area is 77.5 Å². The molecule has 0 bridgehead atoms. The van der Waals surface area contributed by atoms with Crippen molar-refractivity contribution in [1.82, 2.24) is 0 Å². The zero-order valence-electron chi connectivity index (χ0n) is 7.41. The van der Waals surface area contributed by atoms with E-state index in [2.05, 4.69) is 0 Å². The molecule has 3 nitrogen and oxygen atoms in total. The minimum atomic E-state index is -0.697. The Kier molecular flexibility index (Phi) is 8.71. The van der Waals surface area contributed by atoms with Crippen LogP contribution in [0, 0.1) is 0 Å². The van der Waals surface area contributed by atoms with E-state index in [1.54, 1.807) is 7.11 Å². The summed E-state index contributed by atoms with van der Waals surface area (Å²) in [6, 6.07) is 0. The summed E-state index contributed by atoms with van der Waals surface area (Å²) in [5.41, 5.74) is 0. The second-order valence-electron chi connectivity index (χ2n) is 2.46. The minimum absolute atomic E-state index is 0.296. The van der Waals surface area contributed by atoms with E-state index in [9.17, 15) is 4.79 Å². The molecule has 0 spiro atoms. The Bertz CT molecular complexity index is 117. The number of rotatable bonds is 8. The first-order valence-electron chi connectivity index (χ1n) is 4.06. The topological polar surface area (TPSA) is 46.5 Å².